The Morgan fingerprint density at radius 2 is 1.70 bits per heavy atom. The van der Waals surface area contributed by atoms with Crippen molar-refractivity contribution in [2.75, 3.05) is 39.2 Å². The number of hydrogen-bond donors (Lipinski definition) is 2. The fourth-order valence-corrected chi connectivity index (χ4v) is 4.55. The Hall–Kier alpha value is -2.53. The summed E-state index contributed by atoms with van der Waals surface area (Å²) in [6, 6.07) is 12.8. The van der Waals surface area contributed by atoms with Crippen LogP contribution in [0, 0.1) is 11.7 Å². The highest BCUT2D eigenvalue weighted by Gasteiger charge is 2.30. The van der Waals surface area contributed by atoms with Gasteiger partial charge in [-0.25, -0.2) is 17.6 Å². The first-order valence-electron chi connectivity index (χ1n) is 10.6. The molecule has 0 bridgehead atoms. The number of carbonyl (C=O) groups excluding carboxylic acids is 1. The van der Waals surface area contributed by atoms with E-state index in [0.29, 0.717) is 0 Å². The molecule has 0 heterocycles. The molecule has 0 aliphatic carbocycles. The van der Waals surface area contributed by atoms with Gasteiger partial charge in [-0.2, -0.15) is 4.31 Å². The lowest BCUT2D eigenvalue weighted by atomic mass is 10.0. The van der Waals surface area contributed by atoms with Crippen LogP contribution in [0.15, 0.2) is 59.5 Å². The Kier molecular flexibility index (Phi) is 9.78. The zero-order chi connectivity index (χ0) is 24.6. The van der Waals surface area contributed by atoms with Crippen LogP contribution in [0.4, 0.5) is 14.9 Å². The molecule has 0 fully saturated rings. The minimum absolute atomic E-state index is 0.0299. The van der Waals surface area contributed by atoms with Gasteiger partial charge in [-0.3, -0.25) is 0 Å². The maximum Gasteiger partial charge on any atom is 0.322 e. The first-order valence-corrected chi connectivity index (χ1v) is 12.0. The number of likely N-dealkylation sites (N-methyl/N-ethyl adjacent to an activating group) is 1. The van der Waals surface area contributed by atoms with Crippen molar-refractivity contribution in [1.29, 1.82) is 0 Å². The Bertz CT molecular complexity index is 1010. The molecule has 2 aromatic rings. The van der Waals surface area contributed by atoms with Gasteiger partial charge in [0, 0.05) is 33.2 Å². The Balaban J connectivity index is 2.13. The van der Waals surface area contributed by atoms with E-state index in [4.69, 9.17) is 4.74 Å². The molecule has 0 spiro atoms. The largest absolute Gasteiger partial charge is 0.394 e. The van der Waals surface area contributed by atoms with Gasteiger partial charge in [0.2, 0.25) is 10.0 Å². The molecule has 3 atom stereocenters. The number of amides is 2. The van der Waals surface area contributed by atoms with Gasteiger partial charge in [0.15, 0.2) is 0 Å². The number of carbonyl (C=O) groups is 1. The molecule has 0 aromatic heterocycles. The zero-order valence-electron chi connectivity index (χ0n) is 19.3. The van der Waals surface area contributed by atoms with Crippen LogP contribution in [0.2, 0.25) is 0 Å². The number of sulfonamides is 1. The third-order valence-electron chi connectivity index (χ3n) is 5.48. The number of ether oxygens (including phenoxy) is 1. The van der Waals surface area contributed by atoms with Crippen LogP contribution < -0.4 is 5.32 Å². The quantitative estimate of drug-likeness (QED) is 0.514. The topological polar surface area (TPSA) is 99.2 Å². The van der Waals surface area contributed by atoms with Crippen molar-refractivity contribution in [3.63, 3.8) is 0 Å². The molecule has 2 N–H and O–H groups in total. The summed E-state index contributed by atoms with van der Waals surface area (Å²) in [5.41, 5.74) is 0.0299. The van der Waals surface area contributed by atoms with E-state index in [2.05, 4.69) is 5.32 Å². The standard InChI is InChI=1S/C23H32FN3O5S/c1-17(22(32-4)15-26(3)33(30,31)19-10-6-5-7-11-19)14-27(18(2)16-28)23(29)25-21-13-9-8-12-20(21)24/h5-13,17-18,22,28H,14-16H2,1-4H3,(H,25,29)/t17-,18-,22-/m0/s1. The monoisotopic (exact) mass is 481 g/mol. The van der Waals surface area contributed by atoms with Crippen LogP contribution in [-0.2, 0) is 14.8 Å². The van der Waals surface area contributed by atoms with E-state index < -0.39 is 34.0 Å². The van der Waals surface area contributed by atoms with Gasteiger partial charge < -0.3 is 20.1 Å². The number of aliphatic hydroxyl groups excluding tert-OH is 1. The minimum Gasteiger partial charge on any atom is -0.394 e. The maximum atomic E-state index is 14.0. The molecule has 182 valence electrons. The van der Waals surface area contributed by atoms with Crippen molar-refractivity contribution in [3.05, 3.63) is 60.4 Å². The van der Waals surface area contributed by atoms with E-state index in [9.17, 15) is 22.7 Å². The molecule has 2 amide bonds. The first-order chi connectivity index (χ1) is 15.6. The second kappa shape index (κ2) is 12.1. The molecule has 2 rings (SSSR count). The molecular formula is C23H32FN3O5S. The Morgan fingerprint density at radius 1 is 1.09 bits per heavy atom. The lowest BCUT2D eigenvalue weighted by molar-refractivity contribution is 0.0305. The number of nitrogens with zero attached hydrogens (tertiary/aromatic N) is 2. The Labute approximate surface area is 195 Å². The lowest BCUT2D eigenvalue weighted by Gasteiger charge is -2.34. The first kappa shape index (κ1) is 26.7. The van der Waals surface area contributed by atoms with Gasteiger partial charge in [-0.15, -0.1) is 0 Å². The van der Waals surface area contributed by atoms with Crippen LogP contribution in [0.5, 0.6) is 0 Å². The van der Waals surface area contributed by atoms with Crippen molar-refractivity contribution >= 4 is 21.7 Å². The number of urea groups is 1. The predicted octanol–water partition coefficient (Wildman–Crippen LogP) is 3.01. The molecule has 0 aliphatic rings. The number of methoxy groups -OCH3 is 1. The summed E-state index contributed by atoms with van der Waals surface area (Å²) in [7, 11) is -0.762. The summed E-state index contributed by atoms with van der Waals surface area (Å²) >= 11 is 0. The number of para-hydroxylation sites is 1. The highest BCUT2D eigenvalue weighted by molar-refractivity contribution is 7.89. The van der Waals surface area contributed by atoms with Gasteiger partial charge in [0.25, 0.3) is 0 Å². The summed E-state index contributed by atoms with van der Waals surface area (Å²) in [4.78, 5) is 14.4. The number of nitrogens with one attached hydrogen (secondary N) is 1. The fraction of sp³-hybridized carbons (Fsp3) is 0.435. The number of anilines is 1. The molecule has 0 unspecified atom stereocenters. The van der Waals surface area contributed by atoms with E-state index in [1.165, 1.54) is 53.7 Å². The third kappa shape index (κ3) is 6.97. The van der Waals surface area contributed by atoms with Crippen LogP contribution in [0.25, 0.3) is 0 Å². The Morgan fingerprint density at radius 3 is 2.27 bits per heavy atom. The summed E-state index contributed by atoms with van der Waals surface area (Å²) in [5.74, 6) is -0.873. The highest BCUT2D eigenvalue weighted by Crippen LogP contribution is 2.19. The van der Waals surface area contributed by atoms with Crippen LogP contribution >= 0.6 is 0 Å². The molecule has 8 nitrogen and oxygen atoms in total. The van der Waals surface area contributed by atoms with Crippen molar-refractivity contribution in [1.82, 2.24) is 9.21 Å². The molecule has 0 saturated heterocycles. The maximum absolute atomic E-state index is 14.0. The molecule has 0 aliphatic heterocycles. The van der Waals surface area contributed by atoms with E-state index in [0.717, 1.165) is 0 Å². The van der Waals surface area contributed by atoms with Crippen molar-refractivity contribution in [2.45, 2.75) is 30.9 Å². The number of benzene rings is 2. The number of aliphatic hydroxyl groups is 1. The van der Waals surface area contributed by atoms with Crippen LogP contribution in [0.3, 0.4) is 0 Å². The third-order valence-corrected chi connectivity index (χ3v) is 7.32. The lowest BCUT2D eigenvalue weighted by Crippen LogP contribution is -2.49. The van der Waals surface area contributed by atoms with Crippen LogP contribution in [-0.4, -0.2) is 74.8 Å². The van der Waals surface area contributed by atoms with Gasteiger partial charge in [0.05, 0.1) is 29.3 Å². The van der Waals surface area contributed by atoms with E-state index in [-0.39, 0.29) is 36.2 Å². The summed E-state index contributed by atoms with van der Waals surface area (Å²) in [6.45, 7) is 3.41. The van der Waals surface area contributed by atoms with Crippen LogP contribution in [0.1, 0.15) is 13.8 Å². The van der Waals surface area contributed by atoms with Gasteiger partial charge in [-0.1, -0.05) is 37.3 Å². The van der Waals surface area contributed by atoms with E-state index in [1.807, 2.05) is 6.92 Å². The zero-order valence-corrected chi connectivity index (χ0v) is 20.1. The summed E-state index contributed by atoms with van der Waals surface area (Å²) < 4.78 is 46.5. The molecule has 0 saturated carbocycles. The number of rotatable bonds is 11. The van der Waals surface area contributed by atoms with Crippen molar-refractivity contribution in [3.8, 4) is 0 Å². The predicted molar refractivity (Wildman–Crippen MR) is 125 cm³/mol. The van der Waals surface area contributed by atoms with E-state index in [1.54, 1.807) is 31.2 Å². The summed E-state index contributed by atoms with van der Waals surface area (Å²) in [6.07, 6.45) is -0.539. The highest BCUT2D eigenvalue weighted by atomic mass is 32.2. The average molecular weight is 482 g/mol. The molecule has 10 heteroatoms. The summed E-state index contributed by atoms with van der Waals surface area (Å²) in [5, 5.41) is 12.2. The number of halogens is 1. The van der Waals surface area contributed by atoms with Gasteiger partial charge in [0.1, 0.15) is 5.82 Å². The number of hydrogen-bond acceptors (Lipinski definition) is 5. The molecule has 2 aromatic carbocycles. The van der Waals surface area contributed by atoms with Crippen molar-refractivity contribution in [2.24, 2.45) is 5.92 Å². The minimum atomic E-state index is -3.71. The van der Waals surface area contributed by atoms with Gasteiger partial charge >= 0.3 is 6.03 Å². The van der Waals surface area contributed by atoms with E-state index >= 15 is 0 Å². The normalized spacial score (nSPS) is 14.5. The molecule has 0 radical (unpaired) electrons. The SMILES string of the molecule is CO[C@@H](CN(C)S(=O)(=O)c1ccccc1)[C@@H](C)CN(C(=O)Nc1ccccc1F)[C@@H](C)CO. The molecular weight excluding hydrogens is 449 g/mol. The average Bonchev–Trinajstić information content (AvgIpc) is 2.81. The second-order valence-corrected chi connectivity index (χ2v) is 9.99. The van der Waals surface area contributed by atoms with Gasteiger partial charge in [-0.05, 0) is 31.2 Å². The van der Waals surface area contributed by atoms with Crippen molar-refractivity contribution < 1.29 is 27.4 Å². The smallest absolute Gasteiger partial charge is 0.322 e. The fourth-order valence-electron chi connectivity index (χ4n) is 3.35. The second-order valence-electron chi connectivity index (χ2n) is 7.94. The molecule has 33 heavy (non-hydrogen) atoms.